The molecule has 0 radical (unpaired) electrons. The Bertz CT molecular complexity index is 1140. The van der Waals surface area contributed by atoms with Gasteiger partial charge in [-0.3, -0.25) is 4.90 Å². The average Bonchev–Trinajstić information content (AvgIpc) is 3.04. The summed E-state index contributed by atoms with van der Waals surface area (Å²) in [5.74, 6) is 3.64. The van der Waals surface area contributed by atoms with E-state index in [1.54, 1.807) is 0 Å². The molecule has 11 nitrogen and oxygen atoms in total. The molecular formula is C23H26F3N7O4. The molecule has 0 aliphatic carbocycles. The van der Waals surface area contributed by atoms with Gasteiger partial charge in [-0.05, 0) is 24.3 Å². The van der Waals surface area contributed by atoms with Crippen molar-refractivity contribution in [3.05, 3.63) is 66.2 Å². The van der Waals surface area contributed by atoms with Gasteiger partial charge in [-0.15, -0.1) is 0 Å². The van der Waals surface area contributed by atoms with Crippen LogP contribution in [0.1, 0.15) is 0 Å². The smallest absolute Gasteiger partial charge is 0.429 e. The third-order valence-electron chi connectivity index (χ3n) is 5.71. The molecule has 4 rings (SSSR count). The van der Waals surface area contributed by atoms with Crippen LogP contribution in [0.3, 0.4) is 0 Å². The zero-order valence-electron chi connectivity index (χ0n) is 19.6. The highest BCUT2D eigenvalue weighted by Crippen LogP contribution is 2.31. The van der Waals surface area contributed by atoms with Gasteiger partial charge < -0.3 is 25.1 Å². The molecule has 14 heteroatoms. The number of nitrogens with zero attached hydrogens (tertiary/aromatic N) is 4. The number of carbonyl (C=O) groups is 2. The van der Waals surface area contributed by atoms with Crippen LogP contribution in [0.2, 0.25) is 0 Å². The van der Waals surface area contributed by atoms with E-state index in [1.807, 2.05) is 0 Å². The van der Waals surface area contributed by atoms with E-state index >= 15 is 8.78 Å². The van der Waals surface area contributed by atoms with Gasteiger partial charge in [0.25, 0.3) is 0 Å². The van der Waals surface area contributed by atoms with Gasteiger partial charge in [0.15, 0.2) is 11.6 Å². The Kier molecular flexibility index (Phi) is 7.89. The third kappa shape index (κ3) is 6.16. The molecule has 2 heterocycles. The standard InChI is InChI=1S/C23H26F3N7O4/c24-15-1-3-17(4-2-15)36-23(35)33-10-9-30(8-6-29-33)21-19(25)11-16(12-20(21)26)32-14-18(37-22(32)34)13-31(28)7-5-27/h1-5,7,11-12,18,29H,6,8-10,13-14,27-28H2/b7-5-/t18-/m0/s1. The molecule has 0 aromatic heterocycles. The first-order chi connectivity index (χ1) is 17.7. The average molecular weight is 522 g/mol. The lowest BCUT2D eigenvalue weighted by molar-refractivity contribution is 0.122. The largest absolute Gasteiger partial charge is 0.442 e. The molecule has 2 aromatic carbocycles. The van der Waals surface area contributed by atoms with Crippen molar-refractivity contribution in [1.82, 2.24) is 15.4 Å². The number of anilines is 2. The van der Waals surface area contributed by atoms with Crippen molar-refractivity contribution in [2.75, 3.05) is 49.1 Å². The van der Waals surface area contributed by atoms with Crippen LogP contribution in [0.4, 0.5) is 34.1 Å². The molecule has 1 atom stereocenters. The van der Waals surface area contributed by atoms with Gasteiger partial charge in [0, 0.05) is 44.2 Å². The van der Waals surface area contributed by atoms with E-state index in [-0.39, 0.29) is 56.4 Å². The summed E-state index contributed by atoms with van der Waals surface area (Å²) < 4.78 is 53.7. The van der Waals surface area contributed by atoms with Crippen molar-refractivity contribution in [2.24, 2.45) is 11.6 Å². The van der Waals surface area contributed by atoms with Crippen LogP contribution in [-0.2, 0) is 4.74 Å². The van der Waals surface area contributed by atoms with E-state index in [2.05, 4.69) is 5.43 Å². The second-order valence-electron chi connectivity index (χ2n) is 8.28. The van der Waals surface area contributed by atoms with Crippen molar-refractivity contribution < 1.29 is 32.2 Å². The monoisotopic (exact) mass is 521 g/mol. The highest BCUT2D eigenvalue weighted by molar-refractivity contribution is 5.90. The topological polar surface area (TPSA) is 130 Å². The number of nitrogens with one attached hydrogen (secondary N) is 1. The highest BCUT2D eigenvalue weighted by atomic mass is 19.1. The molecule has 37 heavy (non-hydrogen) atoms. The van der Waals surface area contributed by atoms with E-state index < -0.39 is 35.7 Å². The van der Waals surface area contributed by atoms with E-state index in [4.69, 9.17) is 21.1 Å². The minimum Gasteiger partial charge on any atom is -0.442 e. The lowest BCUT2D eigenvalue weighted by atomic mass is 10.2. The molecule has 0 unspecified atom stereocenters. The number of cyclic esters (lactones) is 1. The fourth-order valence-electron chi connectivity index (χ4n) is 4.01. The van der Waals surface area contributed by atoms with Crippen LogP contribution in [0.15, 0.2) is 48.8 Å². The van der Waals surface area contributed by atoms with Crippen molar-refractivity contribution in [3.63, 3.8) is 0 Å². The number of hydrazine groups is 2. The molecule has 5 N–H and O–H groups in total. The van der Waals surface area contributed by atoms with E-state index in [1.165, 1.54) is 39.5 Å². The lowest BCUT2D eigenvalue weighted by Crippen LogP contribution is -2.45. The van der Waals surface area contributed by atoms with Gasteiger partial charge in [0.2, 0.25) is 0 Å². The molecule has 0 saturated carbocycles. The Labute approximate surface area is 210 Å². The molecule has 198 valence electrons. The Hall–Kier alpha value is -4.17. The van der Waals surface area contributed by atoms with Gasteiger partial charge in [-0.25, -0.2) is 39.0 Å². The fraction of sp³-hybridized carbons (Fsp3) is 0.304. The number of amides is 2. The molecular weight excluding hydrogens is 495 g/mol. The Morgan fingerprint density at radius 2 is 1.86 bits per heavy atom. The third-order valence-corrected chi connectivity index (χ3v) is 5.71. The maximum Gasteiger partial charge on any atom is 0.429 e. The minimum absolute atomic E-state index is 0.00152. The first kappa shape index (κ1) is 25.9. The number of nitrogens with two attached hydrogens (primary N) is 2. The quantitative estimate of drug-likeness (QED) is 0.385. The molecule has 2 fully saturated rings. The summed E-state index contributed by atoms with van der Waals surface area (Å²) in [6, 6.07) is 7.05. The second kappa shape index (κ2) is 11.3. The zero-order valence-corrected chi connectivity index (χ0v) is 19.6. The van der Waals surface area contributed by atoms with Crippen LogP contribution in [-0.4, -0.2) is 67.6 Å². The number of hydrogen-bond acceptors (Lipinski definition) is 9. The number of benzene rings is 2. The summed E-state index contributed by atoms with van der Waals surface area (Å²) >= 11 is 0. The molecule has 2 aliphatic heterocycles. The summed E-state index contributed by atoms with van der Waals surface area (Å²) in [6.07, 6.45) is 0.492. The Morgan fingerprint density at radius 1 is 1.16 bits per heavy atom. The van der Waals surface area contributed by atoms with Crippen molar-refractivity contribution in [2.45, 2.75) is 6.10 Å². The SMILES string of the molecule is N/C=C\N(N)C[C@H]1CN(c2cc(F)c(N3CCNN(C(=O)Oc4ccc(F)cc4)CC3)c(F)c2)C(=O)O1. The van der Waals surface area contributed by atoms with Crippen molar-refractivity contribution in [1.29, 1.82) is 0 Å². The van der Waals surface area contributed by atoms with Gasteiger partial charge in [-0.2, -0.15) is 0 Å². The highest BCUT2D eigenvalue weighted by Gasteiger charge is 2.34. The van der Waals surface area contributed by atoms with Gasteiger partial charge >= 0.3 is 12.2 Å². The fourth-order valence-corrected chi connectivity index (χ4v) is 4.01. The number of rotatable bonds is 6. The number of hydrogen-bond donors (Lipinski definition) is 3. The Morgan fingerprint density at radius 3 is 2.54 bits per heavy atom. The summed E-state index contributed by atoms with van der Waals surface area (Å²) in [6.45, 7) is 0.692. The Balaban J connectivity index is 1.41. The summed E-state index contributed by atoms with van der Waals surface area (Å²) in [4.78, 5) is 27.3. The summed E-state index contributed by atoms with van der Waals surface area (Å²) in [5.41, 5.74) is 7.84. The maximum absolute atomic E-state index is 15.1. The second-order valence-corrected chi connectivity index (χ2v) is 8.28. The molecule has 0 bridgehead atoms. The summed E-state index contributed by atoms with van der Waals surface area (Å²) in [7, 11) is 0. The molecule has 2 saturated heterocycles. The normalized spacial score (nSPS) is 18.2. The van der Waals surface area contributed by atoms with Gasteiger partial charge in [-0.1, -0.05) is 0 Å². The van der Waals surface area contributed by atoms with Crippen molar-refractivity contribution >= 4 is 23.6 Å². The van der Waals surface area contributed by atoms with Crippen LogP contribution < -0.4 is 31.5 Å². The van der Waals surface area contributed by atoms with E-state index in [0.717, 1.165) is 29.2 Å². The predicted molar refractivity (Wildman–Crippen MR) is 128 cm³/mol. The number of ether oxygens (including phenoxy) is 2. The van der Waals surface area contributed by atoms with E-state index in [0.29, 0.717) is 0 Å². The molecule has 0 spiro atoms. The molecule has 2 aromatic rings. The van der Waals surface area contributed by atoms with Gasteiger partial charge in [0.05, 0.1) is 25.3 Å². The zero-order chi connectivity index (χ0) is 26.5. The maximum atomic E-state index is 15.1. The molecule has 2 aliphatic rings. The first-order valence-electron chi connectivity index (χ1n) is 11.4. The van der Waals surface area contributed by atoms with Crippen LogP contribution in [0.5, 0.6) is 5.75 Å². The van der Waals surface area contributed by atoms with Crippen LogP contribution >= 0.6 is 0 Å². The van der Waals surface area contributed by atoms with E-state index in [9.17, 15) is 14.0 Å². The number of carbonyl (C=O) groups excluding carboxylic acids is 2. The van der Waals surface area contributed by atoms with Crippen LogP contribution in [0.25, 0.3) is 0 Å². The number of halogens is 3. The molecule has 2 amide bonds. The van der Waals surface area contributed by atoms with Crippen LogP contribution in [0, 0.1) is 17.5 Å². The summed E-state index contributed by atoms with van der Waals surface area (Å²) in [5, 5.41) is 2.41. The lowest BCUT2D eigenvalue weighted by Gasteiger charge is -2.25. The predicted octanol–water partition coefficient (Wildman–Crippen LogP) is 1.86. The van der Waals surface area contributed by atoms with Gasteiger partial charge in [0.1, 0.15) is 23.4 Å². The van der Waals surface area contributed by atoms with Crippen molar-refractivity contribution in [3.8, 4) is 5.75 Å². The first-order valence-corrected chi connectivity index (χ1v) is 11.4. The minimum atomic E-state index is -0.875.